The summed E-state index contributed by atoms with van der Waals surface area (Å²) in [5.74, 6) is 0. The lowest BCUT2D eigenvalue weighted by Gasteiger charge is -2.25. The van der Waals surface area contributed by atoms with Crippen LogP contribution in [-0.2, 0) is 0 Å². The molecule has 2 aromatic rings. The van der Waals surface area contributed by atoms with Crippen LogP contribution in [0.15, 0.2) is 64.8 Å². The van der Waals surface area contributed by atoms with Crippen molar-refractivity contribution >= 4 is 17.1 Å². The minimum Gasteiger partial charge on any atom is -0.372 e. The fraction of sp³-hybridized carbons (Fsp3) is 0.455. The van der Waals surface area contributed by atoms with E-state index in [1.54, 1.807) is 0 Å². The van der Waals surface area contributed by atoms with E-state index in [0.29, 0.717) is 0 Å². The molecular formula is C22H31N3. The van der Waals surface area contributed by atoms with Crippen LogP contribution in [0.3, 0.4) is 0 Å². The standard InChI is InChI=1S/C22H31N3/c1-3-5-10-18-25(19-11-6-4-2)22-16-14-21(15-17-22)24-23-20-12-8-7-9-13-20/h7-9,12-17H,3-6,10-11,18-19H2,1-2H3/b24-23+. The topological polar surface area (TPSA) is 28.0 Å². The summed E-state index contributed by atoms with van der Waals surface area (Å²) in [7, 11) is 0. The molecule has 0 bridgehead atoms. The summed E-state index contributed by atoms with van der Waals surface area (Å²) in [6, 6.07) is 18.3. The van der Waals surface area contributed by atoms with Gasteiger partial charge in [-0.3, -0.25) is 0 Å². The van der Waals surface area contributed by atoms with Crippen LogP contribution < -0.4 is 4.90 Å². The van der Waals surface area contributed by atoms with E-state index in [9.17, 15) is 0 Å². The van der Waals surface area contributed by atoms with Crippen LogP contribution in [0.4, 0.5) is 17.1 Å². The first-order chi connectivity index (χ1) is 12.3. The van der Waals surface area contributed by atoms with E-state index in [1.165, 1.54) is 44.2 Å². The van der Waals surface area contributed by atoms with Gasteiger partial charge in [-0.1, -0.05) is 57.7 Å². The Morgan fingerprint density at radius 1 is 0.640 bits per heavy atom. The van der Waals surface area contributed by atoms with Crippen molar-refractivity contribution in [3.63, 3.8) is 0 Å². The Morgan fingerprint density at radius 3 is 1.68 bits per heavy atom. The molecular weight excluding hydrogens is 306 g/mol. The van der Waals surface area contributed by atoms with Gasteiger partial charge in [0.2, 0.25) is 0 Å². The van der Waals surface area contributed by atoms with Crippen molar-refractivity contribution in [2.75, 3.05) is 18.0 Å². The average Bonchev–Trinajstić information content (AvgIpc) is 2.67. The first-order valence-electron chi connectivity index (χ1n) is 9.65. The fourth-order valence-corrected chi connectivity index (χ4v) is 2.82. The van der Waals surface area contributed by atoms with Crippen molar-refractivity contribution in [2.45, 2.75) is 52.4 Å². The van der Waals surface area contributed by atoms with E-state index in [0.717, 1.165) is 24.5 Å². The Kier molecular flexibility index (Phi) is 8.74. The maximum atomic E-state index is 4.33. The smallest absolute Gasteiger partial charge is 0.0858 e. The van der Waals surface area contributed by atoms with Gasteiger partial charge in [-0.2, -0.15) is 10.2 Å². The highest BCUT2D eigenvalue weighted by Crippen LogP contribution is 2.23. The summed E-state index contributed by atoms with van der Waals surface area (Å²) in [5.41, 5.74) is 3.08. The van der Waals surface area contributed by atoms with E-state index in [4.69, 9.17) is 0 Å². The Hall–Kier alpha value is -2.16. The number of rotatable bonds is 11. The lowest BCUT2D eigenvalue weighted by atomic mass is 10.2. The summed E-state index contributed by atoms with van der Waals surface area (Å²) in [5, 5.41) is 8.62. The van der Waals surface area contributed by atoms with Crippen molar-refractivity contribution < 1.29 is 0 Å². The van der Waals surface area contributed by atoms with Gasteiger partial charge < -0.3 is 4.90 Å². The van der Waals surface area contributed by atoms with E-state index >= 15 is 0 Å². The molecule has 0 amide bonds. The molecule has 0 saturated heterocycles. The van der Waals surface area contributed by atoms with Gasteiger partial charge in [0, 0.05) is 18.8 Å². The maximum absolute atomic E-state index is 4.33. The number of anilines is 1. The zero-order valence-corrected chi connectivity index (χ0v) is 15.7. The molecule has 0 aliphatic heterocycles. The van der Waals surface area contributed by atoms with Crippen LogP contribution in [0.1, 0.15) is 52.4 Å². The van der Waals surface area contributed by atoms with Gasteiger partial charge in [-0.25, -0.2) is 0 Å². The molecule has 0 unspecified atom stereocenters. The molecule has 0 aliphatic carbocycles. The second-order valence-corrected chi connectivity index (χ2v) is 6.45. The number of benzene rings is 2. The molecule has 2 aromatic carbocycles. The normalized spacial score (nSPS) is 11.1. The second-order valence-electron chi connectivity index (χ2n) is 6.45. The van der Waals surface area contributed by atoms with Crippen LogP contribution in [-0.4, -0.2) is 13.1 Å². The zero-order chi connectivity index (χ0) is 17.7. The molecule has 0 heterocycles. The third-order valence-electron chi connectivity index (χ3n) is 4.32. The van der Waals surface area contributed by atoms with Crippen molar-refractivity contribution in [1.82, 2.24) is 0 Å². The van der Waals surface area contributed by atoms with Crippen LogP contribution >= 0.6 is 0 Å². The number of azo groups is 1. The molecule has 0 aliphatic rings. The minimum absolute atomic E-state index is 0.882. The largest absolute Gasteiger partial charge is 0.372 e. The molecule has 25 heavy (non-hydrogen) atoms. The summed E-state index contributed by atoms with van der Waals surface area (Å²) >= 11 is 0. The van der Waals surface area contributed by atoms with Gasteiger partial charge in [0.15, 0.2) is 0 Å². The zero-order valence-electron chi connectivity index (χ0n) is 15.7. The Balaban J connectivity index is 1.99. The van der Waals surface area contributed by atoms with Crippen LogP contribution in [0.25, 0.3) is 0 Å². The molecule has 0 saturated carbocycles. The molecule has 0 N–H and O–H groups in total. The maximum Gasteiger partial charge on any atom is 0.0858 e. The fourth-order valence-electron chi connectivity index (χ4n) is 2.82. The molecule has 134 valence electrons. The molecule has 0 spiro atoms. The molecule has 0 fully saturated rings. The highest BCUT2D eigenvalue weighted by Gasteiger charge is 2.06. The summed E-state index contributed by atoms with van der Waals surface area (Å²) in [6.07, 6.45) is 7.65. The van der Waals surface area contributed by atoms with Crippen molar-refractivity contribution in [1.29, 1.82) is 0 Å². The number of hydrogen-bond donors (Lipinski definition) is 0. The van der Waals surface area contributed by atoms with E-state index in [-0.39, 0.29) is 0 Å². The molecule has 0 atom stereocenters. The van der Waals surface area contributed by atoms with Crippen LogP contribution in [0, 0.1) is 0 Å². The molecule has 0 radical (unpaired) electrons. The predicted octanol–water partition coefficient (Wildman–Crippen LogP) is 7.29. The molecule has 3 nitrogen and oxygen atoms in total. The minimum atomic E-state index is 0.882. The average molecular weight is 338 g/mol. The van der Waals surface area contributed by atoms with Crippen LogP contribution in [0.5, 0.6) is 0 Å². The van der Waals surface area contributed by atoms with Gasteiger partial charge in [0.05, 0.1) is 11.4 Å². The van der Waals surface area contributed by atoms with E-state index in [2.05, 4.69) is 53.2 Å². The number of hydrogen-bond acceptors (Lipinski definition) is 3. The third-order valence-corrected chi connectivity index (χ3v) is 4.32. The highest BCUT2D eigenvalue weighted by molar-refractivity contribution is 5.53. The predicted molar refractivity (Wildman–Crippen MR) is 108 cm³/mol. The molecule has 2 rings (SSSR count). The lowest BCUT2D eigenvalue weighted by Crippen LogP contribution is -2.25. The summed E-state index contributed by atoms with van der Waals surface area (Å²) in [4.78, 5) is 2.52. The number of unbranched alkanes of at least 4 members (excludes halogenated alkanes) is 4. The van der Waals surface area contributed by atoms with Crippen molar-refractivity contribution in [3.8, 4) is 0 Å². The summed E-state index contributed by atoms with van der Waals surface area (Å²) < 4.78 is 0. The Morgan fingerprint density at radius 2 is 1.16 bits per heavy atom. The van der Waals surface area contributed by atoms with E-state index in [1.807, 2.05) is 30.3 Å². The monoisotopic (exact) mass is 337 g/mol. The Labute approximate surface area is 152 Å². The first-order valence-corrected chi connectivity index (χ1v) is 9.65. The van der Waals surface area contributed by atoms with Crippen LogP contribution in [0.2, 0.25) is 0 Å². The summed E-state index contributed by atoms with van der Waals surface area (Å²) in [6.45, 7) is 6.80. The van der Waals surface area contributed by atoms with Crippen molar-refractivity contribution in [3.05, 3.63) is 54.6 Å². The highest BCUT2D eigenvalue weighted by atomic mass is 15.1. The van der Waals surface area contributed by atoms with Gasteiger partial charge >= 0.3 is 0 Å². The van der Waals surface area contributed by atoms with Gasteiger partial charge in [-0.15, -0.1) is 0 Å². The second kappa shape index (κ2) is 11.4. The lowest BCUT2D eigenvalue weighted by molar-refractivity contribution is 0.636. The molecule has 3 heteroatoms. The SMILES string of the molecule is CCCCCN(CCCCC)c1ccc(/N=N/c2ccccc2)cc1. The quantitative estimate of drug-likeness (QED) is 0.312. The molecule has 0 aromatic heterocycles. The third kappa shape index (κ3) is 7.08. The van der Waals surface area contributed by atoms with Gasteiger partial charge in [0.25, 0.3) is 0 Å². The van der Waals surface area contributed by atoms with Gasteiger partial charge in [-0.05, 0) is 49.2 Å². The number of nitrogens with zero attached hydrogens (tertiary/aromatic N) is 3. The first kappa shape index (κ1) is 19.2. The Bertz CT molecular complexity index is 595. The van der Waals surface area contributed by atoms with Gasteiger partial charge in [0.1, 0.15) is 0 Å². The van der Waals surface area contributed by atoms with Crippen molar-refractivity contribution in [2.24, 2.45) is 10.2 Å². The van der Waals surface area contributed by atoms with E-state index < -0.39 is 0 Å².